The molecule has 0 aliphatic carbocycles. The minimum atomic E-state index is 0.0530. The first kappa shape index (κ1) is 16.8. The van der Waals surface area contributed by atoms with Crippen molar-refractivity contribution in [3.8, 4) is 0 Å². The van der Waals surface area contributed by atoms with Crippen LogP contribution in [0, 0.1) is 0 Å². The molecule has 0 aliphatic heterocycles. The highest BCUT2D eigenvalue weighted by atomic mass is 35.5. The minimum Gasteiger partial charge on any atom is -0.336 e. The van der Waals surface area contributed by atoms with Gasteiger partial charge >= 0.3 is 0 Å². The van der Waals surface area contributed by atoms with Gasteiger partial charge in [-0.3, -0.25) is 9.48 Å². The Hall–Kier alpha value is -1.52. The van der Waals surface area contributed by atoms with E-state index >= 15 is 0 Å². The number of carbonyl (C=O) groups excluding carboxylic acids is 1. The van der Waals surface area contributed by atoms with E-state index in [4.69, 9.17) is 23.2 Å². The lowest BCUT2D eigenvalue weighted by molar-refractivity contribution is -0.132. The van der Waals surface area contributed by atoms with Gasteiger partial charge in [-0.1, -0.05) is 29.3 Å². The molecule has 1 heterocycles. The SMILES string of the molecule is CC(C)N(Cc1cnn(C)c1)C(=O)Cc1ccc(Cl)c(Cl)c1. The number of aryl methyl sites for hydroxylation is 1. The maximum absolute atomic E-state index is 12.6. The molecule has 2 rings (SSSR count). The Morgan fingerprint density at radius 3 is 2.55 bits per heavy atom. The van der Waals surface area contributed by atoms with Gasteiger partial charge in [0, 0.05) is 31.4 Å². The fraction of sp³-hybridized carbons (Fsp3) is 0.375. The topological polar surface area (TPSA) is 38.1 Å². The highest BCUT2D eigenvalue weighted by Gasteiger charge is 2.18. The maximum atomic E-state index is 12.6. The summed E-state index contributed by atoms with van der Waals surface area (Å²) in [5, 5.41) is 5.10. The molecule has 0 unspecified atom stereocenters. The second kappa shape index (κ2) is 7.16. The molecule has 0 atom stereocenters. The monoisotopic (exact) mass is 339 g/mol. The first-order valence-electron chi connectivity index (χ1n) is 7.07. The van der Waals surface area contributed by atoms with Gasteiger partial charge < -0.3 is 4.90 Å². The van der Waals surface area contributed by atoms with Crippen molar-refractivity contribution in [2.75, 3.05) is 0 Å². The molecule has 0 radical (unpaired) electrons. The van der Waals surface area contributed by atoms with Crippen LogP contribution in [-0.4, -0.2) is 26.6 Å². The average Bonchev–Trinajstić information content (AvgIpc) is 2.85. The second-order valence-electron chi connectivity index (χ2n) is 5.56. The van der Waals surface area contributed by atoms with Crippen LogP contribution in [0.5, 0.6) is 0 Å². The number of carbonyl (C=O) groups is 1. The molecule has 1 amide bonds. The van der Waals surface area contributed by atoms with E-state index in [9.17, 15) is 4.79 Å². The van der Waals surface area contributed by atoms with E-state index < -0.39 is 0 Å². The van der Waals surface area contributed by atoms with Crippen molar-refractivity contribution in [3.63, 3.8) is 0 Å². The average molecular weight is 340 g/mol. The summed E-state index contributed by atoms with van der Waals surface area (Å²) in [6.07, 6.45) is 4.00. The smallest absolute Gasteiger partial charge is 0.227 e. The molecule has 2 aromatic rings. The summed E-state index contributed by atoms with van der Waals surface area (Å²) in [6.45, 7) is 4.55. The van der Waals surface area contributed by atoms with Gasteiger partial charge in [0.05, 0.1) is 22.7 Å². The van der Waals surface area contributed by atoms with E-state index in [0.29, 0.717) is 23.0 Å². The van der Waals surface area contributed by atoms with Gasteiger partial charge in [-0.15, -0.1) is 0 Å². The van der Waals surface area contributed by atoms with E-state index in [1.165, 1.54) is 0 Å². The third kappa shape index (κ3) is 4.24. The number of halogens is 2. The first-order valence-corrected chi connectivity index (χ1v) is 7.83. The van der Waals surface area contributed by atoms with Crippen LogP contribution in [0.2, 0.25) is 10.0 Å². The standard InChI is InChI=1S/C16H19Cl2N3O/c1-11(2)21(10-13-8-19-20(3)9-13)16(22)7-12-4-5-14(17)15(18)6-12/h4-6,8-9,11H,7,10H2,1-3H3. The van der Waals surface area contributed by atoms with Gasteiger partial charge in [0.1, 0.15) is 0 Å². The Morgan fingerprint density at radius 1 is 1.27 bits per heavy atom. The van der Waals surface area contributed by atoms with Crippen LogP contribution < -0.4 is 0 Å². The van der Waals surface area contributed by atoms with Crippen molar-refractivity contribution in [3.05, 3.63) is 51.8 Å². The zero-order valence-electron chi connectivity index (χ0n) is 12.9. The fourth-order valence-electron chi connectivity index (χ4n) is 2.23. The highest BCUT2D eigenvalue weighted by Crippen LogP contribution is 2.23. The summed E-state index contributed by atoms with van der Waals surface area (Å²) in [4.78, 5) is 14.4. The molecule has 6 heteroatoms. The largest absolute Gasteiger partial charge is 0.336 e. The summed E-state index contributed by atoms with van der Waals surface area (Å²) < 4.78 is 1.73. The molecule has 0 N–H and O–H groups in total. The lowest BCUT2D eigenvalue weighted by atomic mass is 10.1. The van der Waals surface area contributed by atoms with Crippen LogP contribution in [-0.2, 0) is 24.8 Å². The van der Waals surface area contributed by atoms with E-state index in [2.05, 4.69) is 5.10 Å². The molecule has 4 nitrogen and oxygen atoms in total. The first-order chi connectivity index (χ1) is 10.4. The molecule has 0 bridgehead atoms. The van der Waals surface area contributed by atoms with Crippen molar-refractivity contribution in [2.24, 2.45) is 7.05 Å². The third-order valence-electron chi connectivity index (χ3n) is 3.39. The van der Waals surface area contributed by atoms with Crippen LogP contribution in [0.4, 0.5) is 0 Å². The Bertz CT molecular complexity index is 667. The van der Waals surface area contributed by atoms with Gasteiger partial charge in [0.15, 0.2) is 0 Å². The van der Waals surface area contributed by atoms with Crippen molar-refractivity contribution in [1.82, 2.24) is 14.7 Å². The predicted octanol–water partition coefficient (Wildman–Crippen LogP) is 3.71. The van der Waals surface area contributed by atoms with Crippen LogP contribution in [0.1, 0.15) is 25.0 Å². The normalized spacial score (nSPS) is 11.0. The van der Waals surface area contributed by atoms with Crippen LogP contribution in [0.15, 0.2) is 30.6 Å². The van der Waals surface area contributed by atoms with Gasteiger partial charge in [0.2, 0.25) is 5.91 Å². The van der Waals surface area contributed by atoms with E-state index in [-0.39, 0.29) is 11.9 Å². The molecule has 0 saturated heterocycles. The summed E-state index contributed by atoms with van der Waals surface area (Å²) in [6, 6.07) is 5.39. The van der Waals surface area contributed by atoms with Crippen LogP contribution >= 0.6 is 23.2 Å². The maximum Gasteiger partial charge on any atom is 0.227 e. The quantitative estimate of drug-likeness (QED) is 0.832. The molecule has 1 aromatic carbocycles. The summed E-state index contributed by atoms with van der Waals surface area (Å²) in [5.74, 6) is 0.0530. The van der Waals surface area contributed by atoms with Crippen LogP contribution in [0.3, 0.4) is 0 Å². The molecule has 118 valence electrons. The second-order valence-corrected chi connectivity index (χ2v) is 6.38. The molecular weight excluding hydrogens is 321 g/mol. The van der Waals surface area contributed by atoms with Gasteiger partial charge in [0.25, 0.3) is 0 Å². The number of nitrogens with zero attached hydrogens (tertiary/aromatic N) is 3. The van der Waals surface area contributed by atoms with E-state index in [1.807, 2.05) is 38.1 Å². The van der Waals surface area contributed by atoms with E-state index in [1.54, 1.807) is 23.0 Å². The molecule has 0 aliphatic rings. The zero-order valence-corrected chi connectivity index (χ0v) is 14.4. The van der Waals surface area contributed by atoms with Gasteiger partial charge in [-0.2, -0.15) is 5.10 Å². The summed E-state index contributed by atoms with van der Waals surface area (Å²) in [7, 11) is 1.86. The Balaban J connectivity index is 2.10. The molecular formula is C16H19Cl2N3O. The molecule has 0 fully saturated rings. The minimum absolute atomic E-state index is 0.0530. The predicted molar refractivity (Wildman–Crippen MR) is 89.1 cm³/mol. The van der Waals surface area contributed by atoms with Crippen molar-refractivity contribution < 1.29 is 4.79 Å². The third-order valence-corrected chi connectivity index (χ3v) is 4.13. The number of hydrogen-bond acceptors (Lipinski definition) is 2. The highest BCUT2D eigenvalue weighted by molar-refractivity contribution is 6.42. The Kier molecular flexibility index (Phi) is 5.48. The fourth-order valence-corrected chi connectivity index (χ4v) is 2.56. The lowest BCUT2D eigenvalue weighted by Crippen LogP contribution is -2.37. The molecule has 1 aromatic heterocycles. The van der Waals surface area contributed by atoms with Crippen LogP contribution in [0.25, 0.3) is 0 Å². The number of amides is 1. The number of hydrogen-bond donors (Lipinski definition) is 0. The lowest BCUT2D eigenvalue weighted by Gasteiger charge is -2.26. The zero-order chi connectivity index (χ0) is 16.3. The van der Waals surface area contributed by atoms with Gasteiger partial charge in [-0.05, 0) is 31.5 Å². The molecule has 0 spiro atoms. The van der Waals surface area contributed by atoms with Gasteiger partial charge in [-0.25, -0.2) is 0 Å². The Morgan fingerprint density at radius 2 is 2.00 bits per heavy atom. The molecule has 22 heavy (non-hydrogen) atoms. The van der Waals surface area contributed by atoms with Crippen molar-refractivity contribution in [2.45, 2.75) is 32.9 Å². The molecule has 0 saturated carbocycles. The number of aromatic nitrogens is 2. The summed E-state index contributed by atoms with van der Waals surface area (Å²) >= 11 is 11.9. The summed E-state index contributed by atoms with van der Waals surface area (Å²) in [5.41, 5.74) is 1.87. The van der Waals surface area contributed by atoms with Crippen molar-refractivity contribution >= 4 is 29.1 Å². The Labute approximate surface area is 140 Å². The van der Waals surface area contributed by atoms with E-state index in [0.717, 1.165) is 11.1 Å². The van der Waals surface area contributed by atoms with Crippen molar-refractivity contribution in [1.29, 1.82) is 0 Å². The number of benzene rings is 1. The number of rotatable bonds is 5.